The number of nitrogens with two attached hydrogens (primary N) is 1. The van der Waals surface area contributed by atoms with Crippen LogP contribution in [0.1, 0.15) is 18.0 Å². The molecule has 0 amide bonds. The van der Waals surface area contributed by atoms with E-state index in [9.17, 15) is 0 Å². The van der Waals surface area contributed by atoms with Crippen molar-refractivity contribution in [2.24, 2.45) is 10.8 Å². The number of benzene rings is 1. The Kier molecular flexibility index (Phi) is 3.26. The van der Waals surface area contributed by atoms with Crippen LogP contribution in [0.25, 0.3) is 0 Å². The zero-order chi connectivity index (χ0) is 11.4. The van der Waals surface area contributed by atoms with Gasteiger partial charge in [-0.05, 0) is 6.07 Å². The van der Waals surface area contributed by atoms with Crippen molar-refractivity contribution in [3.8, 4) is 5.75 Å². The van der Waals surface area contributed by atoms with E-state index in [1.54, 1.807) is 7.05 Å². The Labute approximate surface area is 94.7 Å². The monoisotopic (exact) mass is 220 g/mol. The molecule has 1 aromatic carbocycles. The van der Waals surface area contributed by atoms with E-state index in [-0.39, 0.29) is 6.04 Å². The molecule has 1 aliphatic rings. The van der Waals surface area contributed by atoms with Gasteiger partial charge in [0, 0.05) is 19.0 Å². The van der Waals surface area contributed by atoms with Crippen LogP contribution < -0.4 is 21.3 Å². The molecule has 0 bridgehead atoms. The van der Waals surface area contributed by atoms with Crippen LogP contribution in [0, 0.1) is 0 Å². The van der Waals surface area contributed by atoms with Crippen molar-refractivity contribution in [1.82, 2.24) is 10.7 Å². The van der Waals surface area contributed by atoms with E-state index >= 15 is 0 Å². The van der Waals surface area contributed by atoms with Gasteiger partial charge in [0.15, 0.2) is 0 Å². The molecule has 0 fully saturated rings. The molecule has 1 aliphatic heterocycles. The van der Waals surface area contributed by atoms with Crippen LogP contribution in [-0.4, -0.2) is 19.6 Å². The minimum absolute atomic E-state index is 0.194. The van der Waals surface area contributed by atoms with Crippen molar-refractivity contribution < 1.29 is 4.74 Å². The van der Waals surface area contributed by atoms with Crippen LogP contribution in [0.2, 0.25) is 0 Å². The molecule has 0 saturated heterocycles. The van der Waals surface area contributed by atoms with Gasteiger partial charge < -0.3 is 10.1 Å². The molecular weight excluding hydrogens is 204 g/mol. The molecule has 0 aromatic heterocycles. The van der Waals surface area contributed by atoms with Crippen LogP contribution in [0.15, 0.2) is 29.3 Å². The molecule has 1 atom stereocenters. The molecule has 16 heavy (non-hydrogen) atoms. The largest absolute Gasteiger partial charge is 0.493 e. The Balaban J connectivity index is 2.19. The standard InChI is InChI=1S/C11H16N4O/c1-13-11(15-12)14-9-6-7-16-10-5-3-2-4-8(9)10/h2-5,9H,6-7,12H2,1H3,(H2,13,14,15). The lowest BCUT2D eigenvalue weighted by Crippen LogP contribution is -2.44. The first-order chi connectivity index (χ1) is 7.85. The first-order valence-electron chi connectivity index (χ1n) is 5.27. The van der Waals surface area contributed by atoms with Gasteiger partial charge in [-0.2, -0.15) is 0 Å². The third-order valence-corrected chi connectivity index (χ3v) is 2.63. The number of hydrogen-bond donors (Lipinski definition) is 3. The SMILES string of the molecule is CN=C(NN)NC1CCOc2ccccc21. The number of guanidine groups is 1. The number of ether oxygens (including phenoxy) is 1. The van der Waals surface area contributed by atoms with Gasteiger partial charge in [0.1, 0.15) is 5.75 Å². The molecule has 5 nitrogen and oxygen atoms in total. The van der Waals surface area contributed by atoms with Crippen molar-refractivity contribution >= 4 is 5.96 Å². The second-order valence-corrected chi connectivity index (χ2v) is 3.59. The highest BCUT2D eigenvalue weighted by molar-refractivity contribution is 5.79. The van der Waals surface area contributed by atoms with Gasteiger partial charge in [-0.3, -0.25) is 10.4 Å². The molecule has 0 radical (unpaired) electrons. The van der Waals surface area contributed by atoms with Gasteiger partial charge in [0.2, 0.25) is 5.96 Å². The van der Waals surface area contributed by atoms with Gasteiger partial charge in [0.25, 0.3) is 0 Å². The summed E-state index contributed by atoms with van der Waals surface area (Å²) in [5, 5.41) is 3.25. The summed E-state index contributed by atoms with van der Waals surface area (Å²) in [6.45, 7) is 0.705. The maximum atomic E-state index is 5.57. The average molecular weight is 220 g/mol. The number of nitrogens with zero attached hydrogens (tertiary/aromatic N) is 1. The van der Waals surface area contributed by atoms with Crippen LogP contribution in [0.3, 0.4) is 0 Å². The molecule has 2 rings (SSSR count). The summed E-state index contributed by atoms with van der Waals surface area (Å²) in [6.07, 6.45) is 0.901. The van der Waals surface area contributed by atoms with E-state index in [2.05, 4.69) is 21.8 Å². The minimum atomic E-state index is 0.194. The number of nitrogens with one attached hydrogen (secondary N) is 2. The van der Waals surface area contributed by atoms with Crippen LogP contribution in [0.5, 0.6) is 5.75 Å². The second kappa shape index (κ2) is 4.85. The molecule has 0 spiro atoms. The van der Waals surface area contributed by atoms with Crippen molar-refractivity contribution in [3.63, 3.8) is 0 Å². The van der Waals surface area contributed by atoms with E-state index in [1.165, 1.54) is 0 Å². The fraction of sp³-hybridized carbons (Fsp3) is 0.364. The fourth-order valence-corrected chi connectivity index (χ4v) is 1.83. The Morgan fingerprint density at radius 3 is 3.06 bits per heavy atom. The van der Waals surface area contributed by atoms with E-state index in [0.717, 1.165) is 17.7 Å². The van der Waals surface area contributed by atoms with E-state index in [0.29, 0.717) is 12.6 Å². The summed E-state index contributed by atoms with van der Waals surface area (Å²) in [6, 6.07) is 8.19. The summed E-state index contributed by atoms with van der Waals surface area (Å²) in [5.74, 6) is 6.86. The summed E-state index contributed by atoms with van der Waals surface area (Å²) < 4.78 is 5.57. The Bertz CT molecular complexity index is 391. The van der Waals surface area contributed by atoms with Gasteiger partial charge in [-0.15, -0.1) is 0 Å². The quantitative estimate of drug-likeness (QED) is 0.280. The smallest absolute Gasteiger partial charge is 0.205 e. The summed E-state index contributed by atoms with van der Waals surface area (Å²) in [7, 11) is 1.69. The molecular formula is C11H16N4O. The molecule has 1 heterocycles. The van der Waals surface area contributed by atoms with Crippen molar-refractivity contribution in [3.05, 3.63) is 29.8 Å². The van der Waals surface area contributed by atoms with Gasteiger partial charge in [-0.25, -0.2) is 5.84 Å². The van der Waals surface area contributed by atoms with Crippen molar-refractivity contribution in [2.45, 2.75) is 12.5 Å². The van der Waals surface area contributed by atoms with Crippen molar-refractivity contribution in [2.75, 3.05) is 13.7 Å². The third kappa shape index (κ3) is 2.09. The second-order valence-electron chi connectivity index (χ2n) is 3.59. The molecule has 1 aromatic rings. The molecule has 5 heteroatoms. The Morgan fingerprint density at radius 1 is 1.50 bits per heavy atom. The zero-order valence-electron chi connectivity index (χ0n) is 9.23. The average Bonchev–Trinajstić information content (AvgIpc) is 2.36. The normalized spacial score (nSPS) is 19.6. The Morgan fingerprint density at radius 2 is 2.31 bits per heavy atom. The molecule has 0 aliphatic carbocycles. The number of fused-ring (bicyclic) bond motifs is 1. The zero-order valence-corrected chi connectivity index (χ0v) is 9.23. The van der Waals surface area contributed by atoms with Gasteiger partial charge >= 0.3 is 0 Å². The summed E-state index contributed by atoms with van der Waals surface area (Å²) in [5.41, 5.74) is 3.67. The lowest BCUT2D eigenvalue weighted by molar-refractivity contribution is 0.261. The van der Waals surface area contributed by atoms with E-state index in [1.807, 2.05) is 18.2 Å². The third-order valence-electron chi connectivity index (χ3n) is 2.63. The Hall–Kier alpha value is -1.75. The highest BCUT2D eigenvalue weighted by atomic mass is 16.5. The maximum Gasteiger partial charge on any atom is 0.205 e. The lowest BCUT2D eigenvalue weighted by Gasteiger charge is -2.27. The first kappa shape index (κ1) is 10.8. The van der Waals surface area contributed by atoms with Crippen molar-refractivity contribution in [1.29, 1.82) is 0 Å². The maximum absolute atomic E-state index is 5.57. The van der Waals surface area contributed by atoms with Crippen LogP contribution in [-0.2, 0) is 0 Å². The first-order valence-corrected chi connectivity index (χ1v) is 5.27. The number of para-hydroxylation sites is 1. The summed E-state index contributed by atoms with van der Waals surface area (Å²) >= 11 is 0. The van der Waals surface area contributed by atoms with Gasteiger partial charge in [-0.1, -0.05) is 18.2 Å². The van der Waals surface area contributed by atoms with E-state index in [4.69, 9.17) is 10.6 Å². The van der Waals surface area contributed by atoms with Gasteiger partial charge in [0.05, 0.1) is 12.6 Å². The molecule has 4 N–H and O–H groups in total. The van der Waals surface area contributed by atoms with Crippen LogP contribution in [0.4, 0.5) is 0 Å². The number of hydrogen-bond acceptors (Lipinski definition) is 3. The van der Waals surface area contributed by atoms with Crippen LogP contribution >= 0.6 is 0 Å². The highest BCUT2D eigenvalue weighted by Crippen LogP contribution is 2.31. The number of rotatable bonds is 1. The summed E-state index contributed by atoms with van der Waals surface area (Å²) in [4.78, 5) is 4.00. The number of aliphatic imine (C=N–C) groups is 1. The molecule has 0 saturated carbocycles. The molecule has 1 unspecified atom stereocenters. The predicted octanol–water partition coefficient (Wildman–Crippen LogP) is 0.549. The minimum Gasteiger partial charge on any atom is -0.493 e. The predicted molar refractivity (Wildman–Crippen MR) is 63.1 cm³/mol. The lowest BCUT2D eigenvalue weighted by atomic mass is 10.0. The topological polar surface area (TPSA) is 71.7 Å². The fourth-order valence-electron chi connectivity index (χ4n) is 1.83. The highest BCUT2D eigenvalue weighted by Gasteiger charge is 2.21. The van der Waals surface area contributed by atoms with E-state index < -0.39 is 0 Å². The number of hydrazine groups is 1. The molecule has 86 valence electrons.